The SMILES string of the molecule is COc1ccc2nc3c(nc2c1)O[C@H]1CN(C(=O)[C@H](C(C)(C)C)CC(=O)O[C@@H]2C[C@H]2CCCCC3)[C@H](C=O)C1(C)C. The Balaban J connectivity index is 1.52. The van der Waals surface area contributed by atoms with E-state index in [0.717, 1.165) is 49.6 Å². The predicted octanol–water partition coefficient (Wildman–Crippen LogP) is 4.92. The molecule has 0 radical (unpaired) electrons. The van der Waals surface area contributed by atoms with E-state index in [1.54, 1.807) is 12.0 Å². The number of nitrogens with zero attached hydrogens (tertiary/aromatic N) is 3. The van der Waals surface area contributed by atoms with Crippen LogP contribution in [0.25, 0.3) is 11.0 Å². The zero-order valence-corrected chi connectivity index (χ0v) is 25.1. The fourth-order valence-corrected chi connectivity index (χ4v) is 6.25. The number of aromatic nitrogens is 2. The monoisotopic (exact) mass is 565 g/mol. The van der Waals surface area contributed by atoms with E-state index in [1.165, 1.54) is 0 Å². The largest absolute Gasteiger partial charge is 0.497 e. The Hall–Kier alpha value is -3.23. The van der Waals surface area contributed by atoms with Crippen LogP contribution in [0, 0.1) is 22.7 Å². The van der Waals surface area contributed by atoms with Gasteiger partial charge >= 0.3 is 5.97 Å². The van der Waals surface area contributed by atoms with E-state index in [1.807, 2.05) is 52.8 Å². The van der Waals surface area contributed by atoms with Crippen molar-refractivity contribution >= 4 is 29.2 Å². The number of fused-ring (bicyclic) bond motifs is 5. The highest BCUT2D eigenvalue weighted by Crippen LogP contribution is 2.43. The van der Waals surface area contributed by atoms with Crippen molar-refractivity contribution in [1.82, 2.24) is 14.9 Å². The van der Waals surface area contributed by atoms with E-state index < -0.39 is 28.9 Å². The summed E-state index contributed by atoms with van der Waals surface area (Å²) < 4.78 is 17.8. The molecule has 1 aromatic heterocycles. The molecule has 1 saturated carbocycles. The topological polar surface area (TPSA) is 108 Å². The van der Waals surface area contributed by atoms with Gasteiger partial charge in [0, 0.05) is 11.5 Å². The summed E-state index contributed by atoms with van der Waals surface area (Å²) in [6.07, 6.45) is 5.84. The second-order valence-corrected chi connectivity index (χ2v) is 13.6. The quantitative estimate of drug-likeness (QED) is 0.373. The predicted molar refractivity (Wildman–Crippen MR) is 154 cm³/mol. The highest BCUT2D eigenvalue weighted by atomic mass is 16.5. The molecule has 41 heavy (non-hydrogen) atoms. The molecule has 2 bridgehead atoms. The first-order chi connectivity index (χ1) is 19.4. The summed E-state index contributed by atoms with van der Waals surface area (Å²) in [5, 5.41) is 0. The van der Waals surface area contributed by atoms with Crippen LogP contribution in [-0.2, 0) is 25.5 Å². The first kappa shape index (κ1) is 29.3. The summed E-state index contributed by atoms with van der Waals surface area (Å²) in [6, 6.07) is 4.89. The highest BCUT2D eigenvalue weighted by molar-refractivity contribution is 5.87. The lowest BCUT2D eigenvalue weighted by atomic mass is 9.77. The number of ether oxygens (including phenoxy) is 3. The third kappa shape index (κ3) is 6.04. The Kier molecular flexibility index (Phi) is 8.01. The molecule has 0 unspecified atom stereocenters. The van der Waals surface area contributed by atoms with E-state index in [9.17, 15) is 14.4 Å². The van der Waals surface area contributed by atoms with Gasteiger partial charge in [-0.25, -0.2) is 9.97 Å². The van der Waals surface area contributed by atoms with Crippen LogP contribution in [0.15, 0.2) is 18.2 Å². The van der Waals surface area contributed by atoms with Gasteiger partial charge in [-0.3, -0.25) is 9.59 Å². The van der Waals surface area contributed by atoms with Crippen LogP contribution in [0.2, 0.25) is 0 Å². The van der Waals surface area contributed by atoms with E-state index >= 15 is 0 Å². The lowest BCUT2D eigenvalue weighted by Gasteiger charge is -2.35. The molecule has 1 aliphatic carbocycles. The van der Waals surface area contributed by atoms with Crippen LogP contribution in [-0.4, -0.2) is 64.9 Å². The second-order valence-electron chi connectivity index (χ2n) is 13.6. The molecule has 0 spiro atoms. The molecule has 222 valence electrons. The third-order valence-electron chi connectivity index (χ3n) is 9.21. The van der Waals surface area contributed by atoms with Gasteiger partial charge in [0.15, 0.2) is 0 Å². The van der Waals surface area contributed by atoms with Gasteiger partial charge in [0.2, 0.25) is 11.8 Å². The van der Waals surface area contributed by atoms with Crippen molar-refractivity contribution in [3.05, 3.63) is 23.9 Å². The molecule has 2 aromatic rings. The van der Waals surface area contributed by atoms with Gasteiger partial charge in [-0.05, 0) is 49.1 Å². The molecule has 2 fully saturated rings. The fraction of sp³-hybridized carbons (Fsp3) is 0.656. The Morgan fingerprint density at radius 3 is 2.56 bits per heavy atom. The Bertz CT molecular complexity index is 1320. The number of methoxy groups -OCH3 is 1. The van der Waals surface area contributed by atoms with Crippen molar-refractivity contribution in [2.75, 3.05) is 13.7 Å². The minimum absolute atomic E-state index is 0.0122. The molecule has 5 atom stereocenters. The lowest BCUT2D eigenvalue weighted by Crippen LogP contribution is -2.48. The molecule has 3 heterocycles. The number of esters is 1. The van der Waals surface area contributed by atoms with Gasteiger partial charge < -0.3 is 23.9 Å². The molecule has 5 rings (SSSR count). The normalized spacial score (nSPS) is 28.9. The molecule has 2 aliphatic heterocycles. The first-order valence-corrected chi connectivity index (χ1v) is 14.9. The molecule has 3 aliphatic rings. The standard InChI is InChI=1S/C32H43N3O6/c1-31(2,3)21-16-28(37)40-25-14-19(25)10-8-7-9-11-23-29(34-24-15-20(39-6)12-13-22(24)33-23)41-27-17-35(30(21)38)26(18-36)32(27,4)5/h12-13,15,18-19,21,25-27H,7-11,14,16-17H2,1-6H3/t19-,21-,25-,26-,27+/m1/s1. The van der Waals surface area contributed by atoms with Gasteiger partial charge in [-0.2, -0.15) is 0 Å². The maximum absolute atomic E-state index is 14.1. The molecule has 9 heteroatoms. The zero-order chi connectivity index (χ0) is 29.5. The van der Waals surface area contributed by atoms with E-state index in [-0.39, 0.29) is 30.9 Å². The highest BCUT2D eigenvalue weighted by Gasteiger charge is 2.54. The van der Waals surface area contributed by atoms with E-state index in [4.69, 9.17) is 24.2 Å². The van der Waals surface area contributed by atoms with Crippen LogP contribution < -0.4 is 9.47 Å². The number of aldehydes is 1. The smallest absolute Gasteiger partial charge is 0.306 e. The Morgan fingerprint density at radius 1 is 1.07 bits per heavy atom. The maximum atomic E-state index is 14.1. The summed E-state index contributed by atoms with van der Waals surface area (Å²) >= 11 is 0. The van der Waals surface area contributed by atoms with Crippen LogP contribution in [0.5, 0.6) is 11.6 Å². The maximum Gasteiger partial charge on any atom is 0.306 e. The molecule has 1 aromatic carbocycles. The third-order valence-corrected chi connectivity index (χ3v) is 9.21. The molecule has 9 nitrogen and oxygen atoms in total. The lowest BCUT2D eigenvalue weighted by molar-refractivity contribution is -0.154. The molecular weight excluding hydrogens is 522 g/mol. The van der Waals surface area contributed by atoms with Crippen molar-refractivity contribution in [2.24, 2.45) is 22.7 Å². The fourth-order valence-electron chi connectivity index (χ4n) is 6.25. The number of carbonyl (C=O) groups excluding carboxylic acids is 3. The number of benzene rings is 1. The number of amides is 1. The van der Waals surface area contributed by atoms with Crippen molar-refractivity contribution in [1.29, 1.82) is 0 Å². The van der Waals surface area contributed by atoms with Crippen molar-refractivity contribution in [2.45, 2.75) is 97.8 Å². The van der Waals surface area contributed by atoms with E-state index in [2.05, 4.69) is 0 Å². The minimum Gasteiger partial charge on any atom is -0.497 e. The average Bonchev–Trinajstić information content (AvgIpc) is 3.59. The number of carbonyl (C=O) groups is 3. The van der Waals surface area contributed by atoms with Crippen molar-refractivity contribution in [3.8, 4) is 11.6 Å². The van der Waals surface area contributed by atoms with Gasteiger partial charge in [0.25, 0.3) is 0 Å². The van der Waals surface area contributed by atoms with Crippen LogP contribution in [0.3, 0.4) is 0 Å². The van der Waals surface area contributed by atoms with Crippen LogP contribution in [0.1, 0.15) is 78.8 Å². The molecular formula is C32H43N3O6. The number of aryl methyl sites for hydroxylation is 1. The Morgan fingerprint density at radius 2 is 1.85 bits per heavy atom. The number of hydrogen-bond donors (Lipinski definition) is 0. The van der Waals surface area contributed by atoms with E-state index in [0.29, 0.717) is 29.5 Å². The minimum atomic E-state index is -0.715. The average molecular weight is 566 g/mol. The second kappa shape index (κ2) is 11.2. The summed E-state index contributed by atoms with van der Waals surface area (Å²) in [7, 11) is 1.61. The number of hydrogen-bond acceptors (Lipinski definition) is 8. The molecule has 0 N–H and O–H groups in total. The Labute approximate surface area is 242 Å². The number of rotatable bonds is 2. The van der Waals surface area contributed by atoms with Gasteiger partial charge in [-0.1, -0.05) is 47.5 Å². The van der Waals surface area contributed by atoms with Crippen molar-refractivity contribution in [3.63, 3.8) is 0 Å². The van der Waals surface area contributed by atoms with Crippen LogP contribution in [0.4, 0.5) is 0 Å². The molecule has 1 saturated heterocycles. The zero-order valence-electron chi connectivity index (χ0n) is 25.1. The van der Waals surface area contributed by atoms with Crippen LogP contribution >= 0.6 is 0 Å². The van der Waals surface area contributed by atoms with Gasteiger partial charge in [-0.15, -0.1) is 0 Å². The summed E-state index contributed by atoms with van der Waals surface area (Å²) in [5.41, 5.74) is 0.989. The first-order valence-electron chi connectivity index (χ1n) is 14.9. The molecule has 1 amide bonds. The van der Waals surface area contributed by atoms with Crippen molar-refractivity contribution < 1.29 is 28.6 Å². The van der Waals surface area contributed by atoms with Gasteiger partial charge in [0.05, 0.1) is 43.1 Å². The summed E-state index contributed by atoms with van der Waals surface area (Å²) in [4.78, 5) is 51.0. The van der Waals surface area contributed by atoms with Gasteiger partial charge in [0.1, 0.15) is 29.9 Å². The summed E-state index contributed by atoms with van der Waals surface area (Å²) in [5.74, 6) is 0.293. The summed E-state index contributed by atoms with van der Waals surface area (Å²) in [6.45, 7) is 9.94.